The van der Waals surface area contributed by atoms with E-state index in [4.69, 9.17) is 9.47 Å². The van der Waals surface area contributed by atoms with Crippen molar-refractivity contribution in [2.75, 3.05) is 12.4 Å². The van der Waals surface area contributed by atoms with Crippen LogP contribution in [0.2, 0.25) is 0 Å². The number of anilines is 1. The molecule has 0 unspecified atom stereocenters. The number of aromatic nitrogens is 3. The van der Waals surface area contributed by atoms with Gasteiger partial charge in [-0.25, -0.2) is 9.48 Å². The van der Waals surface area contributed by atoms with Gasteiger partial charge in [-0.2, -0.15) is 0 Å². The fourth-order valence-corrected chi connectivity index (χ4v) is 1.67. The van der Waals surface area contributed by atoms with Crippen molar-refractivity contribution in [1.82, 2.24) is 15.0 Å². The molecule has 1 aromatic heterocycles. The Morgan fingerprint density at radius 3 is 2.67 bits per heavy atom. The van der Waals surface area contributed by atoms with E-state index in [1.54, 1.807) is 34.1 Å². The van der Waals surface area contributed by atoms with Gasteiger partial charge in [0.25, 0.3) is 0 Å². The zero-order chi connectivity index (χ0) is 15.5. The number of nitrogens with one attached hydrogen (secondary N) is 1. The van der Waals surface area contributed by atoms with E-state index in [9.17, 15) is 4.79 Å². The van der Waals surface area contributed by atoms with Gasteiger partial charge in [-0.3, -0.25) is 5.32 Å². The normalized spacial score (nSPS) is 11.0. The lowest BCUT2D eigenvalue weighted by Gasteiger charge is -2.18. The summed E-state index contributed by atoms with van der Waals surface area (Å²) in [5.41, 5.74) is 0.160. The zero-order valence-electron chi connectivity index (χ0n) is 12.5. The molecule has 0 bridgehead atoms. The van der Waals surface area contributed by atoms with E-state index in [0.29, 0.717) is 11.6 Å². The van der Waals surface area contributed by atoms with Gasteiger partial charge in [0.05, 0.1) is 13.3 Å². The molecule has 0 saturated carbocycles. The summed E-state index contributed by atoms with van der Waals surface area (Å²) < 4.78 is 11.9. The number of amides is 1. The lowest BCUT2D eigenvalue weighted by Crippen LogP contribution is -2.27. The first-order valence-electron chi connectivity index (χ1n) is 6.45. The van der Waals surface area contributed by atoms with Crippen LogP contribution >= 0.6 is 0 Å². The molecule has 1 heterocycles. The minimum absolute atomic E-state index is 0.301. The van der Waals surface area contributed by atoms with Gasteiger partial charge >= 0.3 is 6.09 Å². The third-order valence-electron chi connectivity index (χ3n) is 2.45. The van der Waals surface area contributed by atoms with Crippen molar-refractivity contribution < 1.29 is 14.3 Å². The number of carbonyl (C=O) groups excluding carboxylic acids is 1. The first-order valence-corrected chi connectivity index (χ1v) is 6.45. The minimum atomic E-state index is -0.574. The van der Waals surface area contributed by atoms with Gasteiger partial charge in [0, 0.05) is 0 Å². The van der Waals surface area contributed by atoms with E-state index in [0.717, 1.165) is 5.69 Å². The fourth-order valence-electron chi connectivity index (χ4n) is 1.67. The summed E-state index contributed by atoms with van der Waals surface area (Å²) in [6.07, 6.45) is 1.01. The summed E-state index contributed by atoms with van der Waals surface area (Å²) in [6, 6.07) is 7.38. The Labute approximate surface area is 122 Å². The van der Waals surface area contributed by atoms with Crippen LogP contribution in [-0.4, -0.2) is 33.8 Å². The molecule has 7 nitrogen and oxygen atoms in total. The van der Waals surface area contributed by atoms with E-state index in [-0.39, 0.29) is 0 Å². The lowest BCUT2D eigenvalue weighted by atomic mass is 10.2. The molecule has 2 aromatic rings. The maximum Gasteiger partial charge on any atom is 0.413 e. The highest BCUT2D eigenvalue weighted by molar-refractivity contribution is 5.83. The van der Waals surface area contributed by atoms with Crippen molar-refractivity contribution in [2.45, 2.75) is 26.4 Å². The molecule has 0 saturated heterocycles. The van der Waals surface area contributed by atoms with Gasteiger partial charge in [-0.1, -0.05) is 17.3 Å². The molecule has 0 aliphatic rings. The summed E-state index contributed by atoms with van der Waals surface area (Å²) in [6.45, 7) is 5.37. The summed E-state index contributed by atoms with van der Waals surface area (Å²) in [5.74, 6) is 0.960. The van der Waals surface area contributed by atoms with E-state index in [1.165, 1.54) is 4.68 Å². The molecule has 0 spiro atoms. The third-order valence-corrected chi connectivity index (χ3v) is 2.45. The first-order chi connectivity index (χ1) is 9.89. The highest BCUT2D eigenvalue weighted by Crippen LogP contribution is 2.21. The van der Waals surface area contributed by atoms with E-state index in [2.05, 4.69) is 15.6 Å². The molecule has 1 amide bonds. The quantitative estimate of drug-likeness (QED) is 0.940. The standard InChI is InChI=1S/C14H18N4O3/c1-14(2,3)21-13(19)15-12-9-18(17-16-12)10-7-5-6-8-11(10)20-4/h5-9H,1-4H3,(H,15,19). The number of nitrogens with zero attached hydrogens (tertiary/aromatic N) is 3. The van der Waals surface area contributed by atoms with Crippen LogP contribution < -0.4 is 10.1 Å². The molecule has 112 valence electrons. The third kappa shape index (κ3) is 3.95. The van der Waals surface area contributed by atoms with Gasteiger partial charge in [0.2, 0.25) is 0 Å². The van der Waals surface area contributed by atoms with Crippen LogP contribution in [0.15, 0.2) is 30.5 Å². The lowest BCUT2D eigenvalue weighted by molar-refractivity contribution is 0.0635. The predicted octanol–water partition coefficient (Wildman–Crippen LogP) is 2.62. The Morgan fingerprint density at radius 1 is 1.29 bits per heavy atom. The van der Waals surface area contributed by atoms with Crippen molar-refractivity contribution in [1.29, 1.82) is 0 Å². The number of benzene rings is 1. The van der Waals surface area contributed by atoms with Crippen LogP contribution in [-0.2, 0) is 4.74 Å². The number of ether oxygens (including phenoxy) is 2. The van der Waals surface area contributed by atoms with Crippen molar-refractivity contribution in [2.24, 2.45) is 0 Å². The highest BCUT2D eigenvalue weighted by atomic mass is 16.6. The number of hydrogen-bond donors (Lipinski definition) is 1. The maximum absolute atomic E-state index is 11.7. The van der Waals surface area contributed by atoms with Crippen molar-refractivity contribution in [3.63, 3.8) is 0 Å². The number of para-hydroxylation sites is 2. The van der Waals surface area contributed by atoms with Crippen LogP contribution in [0.25, 0.3) is 5.69 Å². The number of methoxy groups -OCH3 is 1. The minimum Gasteiger partial charge on any atom is -0.494 e. The molecule has 0 aliphatic heterocycles. The van der Waals surface area contributed by atoms with Gasteiger partial charge in [-0.05, 0) is 32.9 Å². The number of hydrogen-bond acceptors (Lipinski definition) is 5. The predicted molar refractivity (Wildman–Crippen MR) is 77.8 cm³/mol. The van der Waals surface area contributed by atoms with Crippen molar-refractivity contribution >= 4 is 11.9 Å². The molecule has 2 rings (SSSR count). The molecule has 0 radical (unpaired) electrons. The second kappa shape index (κ2) is 5.82. The second-order valence-electron chi connectivity index (χ2n) is 5.35. The molecule has 0 fully saturated rings. The van der Waals surface area contributed by atoms with E-state index in [1.807, 2.05) is 24.3 Å². The summed E-state index contributed by atoms with van der Waals surface area (Å²) in [4.78, 5) is 11.7. The molecular weight excluding hydrogens is 272 g/mol. The van der Waals surface area contributed by atoms with Gasteiger partial charge < -0.3 is 9.47 Å². The SMILES string of the molecule is COc1ccccc1-n1cc(NC(=O)OC(C)(C)C)nn1. The summed E-state index contributed by atoms with van der Waals surface area (Å²) in [7, 11) is 1.58. The average Bonchev–Trinajstić information content (AvgIpc) is 2.84. The molecule has 1 N–H and O–H groups in total. The Morgan fingerprint density at radius 2 is 2.00 bits per heavy atom. The Balaban J connectivity index is 2.13. The molecule has 0 atom stereocenters. The van der Waals surface area contributed by atoms with Gasteiger partial charge in [0.15, 0.2) is 5.82 Å². The van der Waals surface area contributed by atoms with Crippen LogP contribution in [0.4, 0.5) is 10.6 Å². The number of rotatable bonds is 3. The number of carbonyl (C=O) groups is 1. The van der Waals surface area contributed by atoms with Crippen LogP contribution in [0.1, 0.15) is 20.8 Å². The molecule has 7 heteroatoms. The topological polar surface area (TPSA) is 78.3 Å². The Kier molecular flexibility index (Phi) is 4.11. The second-order valence-corrected chi connectivity index (χ2v) is 5.35. The van der Waals surface area contributed by atoms with Crippen molar-refractivity contribution in [3.05, 3.63) is 30.5 Å². The van der Waals surface area contributed by atoms with Crippen LogP contribution in [0, 0.1) is 0 Å². The molecule has 1 aromatic carbocycles. The average molecular weight is 290 g/mol. The highest BCUT2D eigenvalue weighted by Gasteiger charge is 2.17. The first kappa shape index (κ1) is 14.8. The largest absolute Gasteiger partial charge is 0.494 e. The molecular formula is C14H18N4O3. The maximum atomic E-state index is 11.7. The van der Waals surface area contributed by atoms with Gasteiger partial charge in [-0.15, -0.1) is 5.10 Å². The Bertz CT molecular complexity index is 631. The zero-order valence-corrected chi connectivity index (χ0v) is 12.5. The summed E-state index contributed by atoms with van der Waals surface area (Å²) in [5, 5.41) is 10.4. The molecule has 0 aliphatic carbocycles. The Hall–Kier alpha value is -2.57. The van der Waals surface area contributed by atoms with E-state index >= 15 is 0 Å². The van der Waals surface area contributed by atoms with Gasteiger partial charge in [0.1, 0.15) is 17.0 Å². The molecule has 21 heavy (non-hydrogen) atoms. The van der Waals surface area contributed by atoms with E-state index < -0.39 is 11.7 Å². The van der Waals surface area contributed by atoms with Crippen LogP contribution in [0.3, 0.4) is 0 Å². The van der Waals surface area contributed by atoms with Crippen LogP contribution in [0.5, 0.6) is 5.75 Å². The smallest absolute Gasteiger partial charge is 0.413 e. The van der Waals surface area contributed by atoms with Crippen molar-refractivity contribution in [3.8, 4) is 11.4 Å². The summed E-state index contributed by atoms with van der Waals surface area (Å²) >= 11 is 0. The monoisotopic (exact) mass is 290 g/mol. The fraction of sp³-hybridized carbons (Fsp3) is 0.357.